The van der Waals surface area contributed by atoms with Gasteiger partial charge in [0.1, 0.15) is 0 Å². The number of carbonyl (C=O) groups is 2. The molecule has 6 heteroatoms. The van der Waals surface area contributed by atoms with Crippen molar-refractivity contribution in [1.29, 1.82) is 0 Å². The monoisotopic (exact) mass is 248 g/mol. The lowest BCUT2D eigenvalue weighted by Gasteiger charge is -2.27. The van der Waals surface area contributed by atoms with Gasteiger partial charge in [-0.1, -0.05) is 12.8 Å². The fraction of sp³-hybridized carbons (Fsp3) is 0.500. The highest BCUT2D eigenvalue weighted by atomic mass is 16.1. The van der Waals surface area contributed by atoms with Crippen LogP contribution in [0.25, 0.3) is 0 Å². The van der Waals surface area contributed by atoms with Gasteiger partial charge in [0.05, 0.1) is 12.1 Å². The van der Waals surface area contributed by atoms with E-state index in [9.17, 15) is 9.59 Å². The first-order valence-corrected chi connectivity index (χ1v) is 6.03. The van der Waals surface area contributed by atoms with E-state index in [0.29, 0.717) is 17.8 Å². The van der Waals surface area contributed by atoms with Crippen LogP contribution in [-0.4, -0.2) is 34.7 Å². The van der Waals surface area contributed by atoms with Gasteiger partial charge < -0.3 is 10.6 Å². The lowest BCUT2D eigenvalue weighted by atomic mass is 10.2. The summed E-state index contributed by atoms with van der Waals surface area (Å²) in [5, 5.41) is 0. The highest BCUT2D eigenvalue weighted by molar-refractivity contribution is 5.79. The molecule has 1 aliphatic carbocycles. The maximum atomic E-state index is 11.1. The lowest BCUT2D eigenvalue weighted by molar-refractivity contribution is -0.116. The molecule has 1 saturated carbocycles. The van der Waals surface area contributed by atoms with E-state index in [1.165, 1.54) is 12.4 Å². The van der Waals surface area contributed by atoms with Crippen molar-refractivity contribution in [1.82, 2.24) is 9.97 Å². The summed E-state index contributed by atoms with van der Waals surface area (Å²) in [5.41, 5.74) is 5.68. The second kappa shape index (κ2) is 5.57. The molecule has 1 aromatic heterocycles. The van der Waals surface area contributed by atoms with Crippen LogP contribution in [-0.2, 0) is 4.79 Å². The summed E-state index contributed by atoms with van der Waals surface area (Å²) in [4.78, 5) is 31.8. The van der Waals surface area contributed by atoms with Gasteiger partial charge in [0, 0.05) is 18.4 Å². The van der Waals surface area contributed by atoms with E-state index < -0.39 is 5.91 Å². The van der Waals surface area contributed by atoms with Crippen molar-refractivity contribution in [2.75, 3.05) is 11.4 Å². The summed E-state index contributed by atoms with van der Waals surface area (Å²) >= 11 is 0. The molecule has 1 aromatic rings. The van der Waals surface area contributed by atoms with E-state index in [0.717, 1.165) is 25.7 Å². The van der Waals surface area contributed by atoms with Gasteiger partial charge in [-0.15, -0.1) is 0 Å². The van der Waals surface area contributed by atoms with Gasteiger partial charge in [-0.25, -0.2) is 9.97 Å². The molecule has 2 rings (SSSR count). The number of rotatable bonds is 5. The van der Waals surface area contributed by atoms with Crippen molar-refractivity contribution in [2.45, 2.75) is 31.7 Å². The zero-order chi connectivity index (χ0) is 13.0. The zero-order valence-electron chi connectivity index (χ0n) is 10.1. The van der Waals surface area contributed by atoms with Gasteiger partial charge in [-0.2, -0.15) is 0 Å². The molecule has 0 bridgehead atoms. The van der Waals surface area contributed by atoms with Crippen molar-refractivity contribution in [2.24, 2.45) is 5.73 Å². The van der Waals surface area contributed by atoms with E-state index in [1.807, 2.05) is 4.90 Å². The number of primary amides is 1. The van der Waals surface area contributed by atoms with Crippen LogP contribution in [0.3, 0.4) is 0 Å². The number of aldehydes is 1. The first-order valence-electron chi connectivity index (χ1n) is 6.03. The van der Waals surface area contributed by atoms with Crippen LogP contribution in [0.15, 0.2) is 12.4 Å². The van der Waals surface area contributed by atoms with Gasteiger partial charge in [-0.3, -0.25) is 9.59 Å². The molecule has 0 saturated heterocycles. The Bertz CT molecular complexity index is 426. The molecule has 0 spiro atoms. The molecule has 1 heterocycles. The third-order valence-electron chi connectivity index (χ3n) is 3.14. The molecule has 6 nitrogen and oxygen atoms in total. The van der Waals surface area contributed by atoms with Gasteiger partial charge in [0.15, 0.2) is 6.29 Å². The number of anilines is 1. The number of carbonyl (C=O) groups excluding carboxylic acids is 2. The molecule has 2 N–H and O–H groups in total. The minimum Gasteiger partial charge on any atom is -0.368 e. The molecule has 1 amide bonds. The first kappa shape index (κ1) is 12.5. The van der Waals surface area contributed by atoms with E-state index in [2.05, 4.69) is 9.97 Å². The van der Waals surface area contributed by atoms with Gasteiger partial charge >= 0.3 is 0 Å². The second-order valence-corrected chi connectivity index (χ2v) is 4.47. The molecule has 0 atom stereocenters. The Balaban J connectivity index is 2.20. The topological polar surface area (TPSA) is 89.2 Å². The van der Waals surface area contributed by atoms with Crippen LogP contribution >= 0.6 is 0 Å². The maximum Gasteiger partial charge on any atom is 0.237 e. The van der Waals surface area contributed by atoms with Crippen molar-refractivity contribution in [3.8, 4) is 0 Å². The fourth-order valence-electron chi connectivity index (χ4n) is 2.29. The van der Waals surface area contributed by atoms with E-state index in [1.54, 1.807) is 0 Å². The Kier molecular flexibility index (Phi) is 3.86. The molecule has 0 aliphatic heterocycles. The smallest absolute Gasteiger partial charge is 0.237 e. The predicted octanol–water partition coefficient (Wildman–Crippen LogP) is 0.523. The minimum absolute atomic E-state index is 0.116. The number of amides is 1. The summed E-state index contributed by atoms with van der Waals surface area (Å²) in [5.74, 6) is 0.0660. The number of hydrogen-bond donors (Lipinski definition) is 1. The molecule has 0 radical (unpaired) electrons. The van der Waals surface area contributed by atoms with Crippen molar-refractivity contribution in [3.63, 3.8) is 0 Å². The molecule has 1 aliphatic rings. The molecular formula is C12H16N4O2. The SMILES string of the molecule is NC(=O)CN(c1ncc(C=O)cn1)C1CCCC1. The number of aromatic nitrogens is 2. The summed E-state index contributed by atoms with van der Waals surface area (Å²) in [7, 11) is 0. The molecule has 0 aromatic carbocycles. The van der Waals surface area contributed by atoms with Crippen LogP contribution in [0.4, 0.5) is 5.95 Å². The normalized spacial score (nSPS) is 15.6. The Labute approximate surface area is 105 Å². The van der Waals surface area contributed by atoms with Crippen molar-refractivity contribution < 1.29 is 9.59 Å². The Morgan fingerprint density at radius 2 is 2.00 bits per heavy atom. The zero-order valence-corrected chi connectivity index (χ0v) is 10.1. The summed E-state index contributed by atoms with van der Waals surface area (Å²) < 4.78 is 0. The van der Waals surface area contributed by atoms with Gasteiger partial charge in [0.25, 0.3) is 0 Å². The molecule has 96 valence electrons. The highest BCUT2D eigenvalue weighted by Crippen LogP contribution is 2.25. The lowest BCUT2D eigenvalue weighted by Crippen LogP contribution is -2.41. The van der Waals surface area contributed by atoms with Crippen LogP contribution in [0, 0.1) is 0 Å². The number of nitrogens with zero attached hydrogens (tertiary/aromatic N) is 3. The largest absolute Gasteiger partial charge is 0.368 e. The maximum absolute atomic E-state index is 11.1. The average Bonchev–Trinajstić information content (AvgIpc) is 2.89. The third kappa shape index (κ3) is 2.82. The minimum atomic E-state index is -0.398. The summed E-state index contributed by atoms with van der Waals surface area (Å²) in [6.07, 6.45) is 7.94. The number of hydrogen-bond acceptors (Lipinski definition) is 5. The van der Waals surface area contributed by atoms with Crippen molar-refractivity contribution in [3.05, 3.63) is 18.0 Å². The second-order valence-electron chi connectivity index (χ2n) is 4.47. The van der Waals surface area contributed by atoms with Crippen LogP contribution in [0.1, 0.15) is 36.0 Å². The standard InChI is InChI=1S/C12H16N4O2/c13-11(18)7-16(10-3-1-2-4-10)12-14-5-9(8-17)6-15-12/h5-6,8,10H,1-4,7H2,(H2,13,18). The molecule has 1 fully saturated rings. The third-order valence-corrected chi connectivity index (χ3v) is 3.14. The fourth-order valence-corrected chi connectivity index (χ4v) is 2.29. The molecular weight excluding hydrogens is 232 g/mol. The van der Waals surface area contributed by atoms with Gasteiger partial charge in [0.2, 0.25) is 11.9 Å². The molecule has 18 heavy (non-hydrogen) atoms. The van der Waals surface area contributed by atoms with Crippen molar-refractivity contribution >= 4 is 18.1 Å². The van der Waals surface area contributed by atoms with Crippen LogP contribution < -0.4 is 10.6 Å². The molecule has 0 unspecified atom stereocenters. The van der Waals surface area contributed by atoms with E-state index >= 15 is 0 Å². The van der Waals surface area contributed by atoms with Gasteiger partial charge in [-0.05, 0) is 12.8 Å². The van der Waals surface area contributed by atoms with E-state index in [-0.39, 0.29) is 12.6 Å². The Morgan fingerprint density at radius 3 is 2.50 bits per heavy atom. The Hall–Kier alpha value is -1.98. The quantitative estimate of drug-likeness (QED) is 0.767. The summed E-state index contributed by atoms with van der Waals surface area (Å²) in [6.45, 7) is 0.116. The first-order chi connectivity index (χ1) is 8.70. The van der Waals surface area contributed by atoms with E-state index in [4.69, 9.17) is 5.73 Å². The predicted molar refractivity (Wildman–Crippen MR) is 66.2 cm³/mol. The van der Waals surface area contributed by atoms with Crippen LogP contribution in [0.2, 0.25) is 0 Å². The summed E-state index contributed by atoms with van der Waals surface area (Å²) in [6, 6.07) is 0.264. The number of nitrogens with two attached hydrogens (primary N) is 1. The van der Waals surface area contributed by atoms with Crippen LogP contribution in [0.5, 0.6) is 0 Å². The average molecular weight is 248 g/mol. The highest BCUT2D eigenvalue weighted by Gasteiger charge is 2.25. The Morgan fingerprint density at radius 1 is 1.39 bits per heavy atom.